The van der Waals surface area contributed by atoms with E-state index in [9.17, 15) is 14.4 Å². The Hall–Kier alpha value is -3.41. The second kappa shape index (κ2) is 59.2. The summed E-state index contributed by atoms with van der Waals surface area (Å²) in [4.78, 5) is 38.2. The van der Waals surface area contributed by atoms with Gasteiger partial charge in [0.1, 0.15) is 13.2 Å². The van der Waals surface area contributed by atoms with Crippen molar-refractivity contribution in [1.29, 1.82) is 0 Å². The van der Waals surface area contributed by atoms with Crippen molar-refractivity contribution < 1.29 is 28.6 Å². The molecule has 0 saturated heterocycles. The fourth-order valence-electron chi connectivity index (χ4n) is 8.38. The lowest BCUT2D eigenvalue weighted by Gasteiger charge is -2.18. The zero-order valence-corrected chi connectivity index (χ0v) is 46.7. The monoisotopic (exact) mass is 989 g/mol. The largest absolute Gasteiger partial charge is 0.462 e. The van der Waals surface area contributed by atoms with Crippen LogP contribution in [0.4, 0.5) is 0 Å². The molecule has 0 N–H and O–H groups in total. The average Bonchev–Trinajstić information content (AvgIpc) is 3.37. The Labute approximate surface area is 439 Å². The smallest absolute Gasteiger partial charge is 0.306 e. The fourth-order valence-corrected chi connectivity index (χ4v) is 8.38. The number of allylic oxidation sites excluding steroid dienone is 14. The molecule has 0 saturated carbocycles. The van der Waals surface area contributed by atoms with Gasteiger partial charge in [0.25, 0.3) is 0 Å². The highest BCUT2D eigenvalue weighted by molar-refractivity contribution is 5.71. The molecule has 0 radical (unpaired) electrons. The van der Waals surface area contributed by atoms with Crippen molar-refractivity contribution in [2.24, 2.45) is 0 Å². The van der Waals surface area contributed by atoms with Crippen LogP contribution in [0.1, 0.15) is 290 Å². The number of esters is 3. The zero-order valence-electron chi connectivity index (χ0n) is 46.7. The van der Waals surface area contributed by atoms with Crippen LogP contribution >= 0.6 is 0 Å². The molecule has 71 heavy (non-hydrogen) atoms. The Bertz CT molecular complexity index is 1370. The van der Waals surface area contributed by atoms with Crippen LogP contribution in [0.3, 0.4) is 0 Å². The topological polar surface area (TPSA) is 78.9 Å². The lowest BCUT2D eigenvalue weighted by molar-refractivity contribution is -0.167. The summed E-state index contributed by atoms with van der Waals surface area (Å²) < 4.78 is 16.9. The van der Waals surface area contributed by atoms with Crippen molar-refractivity contribution >= 4 is 17.9 Å². The van der Waals surface area contributed by atoms with Gasteiger partial charge in [-0.3, -0.25) is 14.4 Å². The molecular weight excluding hydrogens is 877 g/mol. The molecule has 1 unspecified atom stereocenters. The summed E-state index contributed by atoms with van der Waals surface area (Å²) in [6.07, 6.45) is 77.2. The first-order valence-corrected chi connectivity index (χ1v) is 30.1. The summed E-state index contributed by atoms with van der Waals surface area (Å²) in [5, 5.41) is 0. The van der Waals surface area contributed by atoms with Crippen LogP contribution in [0.15, 0.2) is 85.1 Å². The van der Waals surface area contributed by atoms with Crippen molar-refractivity contribution in [3.8, 4) is 0 Å². The van der Waals surface area contributed by atoms with Crippen LogP contribution in [0, 0.1) is 0 Å². The third-order valence-corrected chi connectivity index (χ3v) is 12.9. The van der Waals surface area contributed by atoms with Gasteiger partial charge in [-0.2, -0.15) is 0 Å². The highest BCUT2D eigenvalue weighted by Crippen LogP contribution is 2.16. The quantitative estimate of drug-likeness (QED) is 0.0261. The Morgan fingerprint density at radius 2 is 0.549 bits per heavy atom. The lowest BCUT2D eigenvalue weighted by Crippen LogP contribution is -2.30. The first-order valence-electron chi connectivity index (χ1n) is 30.1. The molecule has 408 valence electrons. The van der Waals surface area contributed by atoms with Crippen molar-refractivity contribution in [2.45, 2.75) is 297 Å². The van der Waals surface area contributed by atoms with Crippen molar-refractivity contribution in [1.82, 2.24) is 0 Å². The molecule has 6 nitrogen and oxygen atoms in total. The normalized spacial score (nSPS) is 12.7. The first kappa shape index (κ1) is 67.6. The van der Waals surface area contributed by atoms with Gasteiger partial charge in [-0.1, -0.05) is 260 Å². The van der Waals surface area contributed by atoms with E-state index in [1.165, 1.54) is 128 Å². The van der Waals surface area contributed by atoms with E-state index in [0.29, 0.717) is 19.3 Å². The predicted molar refractivity (Wildman–Crippen MR) is 307 cm³/mol. The van der Waals surface area contributed by atoms with Gasteiger partial charge in [0.05, 0.1) is 0 Å². The molecule has 0 spiro atoms. The van der Waals surface area contributed by atoms with E-state index in [1.54, 1.807) is 0 Å². The van der Waals surface area contributed by atoms with Crippen LogP contribution in [0.2, 0.25) is 0 Å². The van der Waals surface area contributed by atoms with Gasteiger partial charge in [-0.15, -0.1) is 0 Å². The minimum atomic E-state index is -0.796. The van der Waals surface area contributed by atoms with Gasteiger partial charge < -0.3 is 14.2 Å². The Morgan fingerprint density at radius 3 is 0.901 bits per heavy atom. The summed E-state index contributed by atoms with van der Waals surface area (Å²) in [6, 6.07) is 0. The van der Waals surface area contributed by atoms with E-state index in [4.69, 9.17) is 14.2 Å². The number of hydrogen-bond acceptors (Lipinski definition) is 6. The van der Waals surface area contributed by atoms with E-state index < -0.39 is 6.10 Å². The van der Waals surface area contributed by atoms with E-state index in [0.717, 1.165) is 122 Å². The fraction of sp³-hybridized carbons (Fsp3) is 0.738. The highest BCUT2D eigenvalue weighted by Gasteiger charge is 2.19. The minimum absolute atomic E-state index is 0.0927. The second-order valence-corrected chi connectivity index (χ2v) is 19.9. The Kier molecular flexibility index (Phi) is 56.3. The van der Waals surface area contributed by atoms with E-state index in [1.807, 2.05) is 0 Å². The maximum atomic E-state index is 12.9. The van der Waals surface area contributed by atoms with Crippen LogP contribution in [-0.2, 0) is 28.6 Å². The molecule has 1 atom stereocenters. The van der Waals surface area contributed by atoms with E-state index >= 15 is 0 Å². The van der Waals surface area contributed by atoms with Gasteiger partial charge in [-0.05, 0) is 96.3 Å². The third kappa shape index (κ3) is 57.4. The molecule has 0 aliphatic carbocycles. The van der Waals surface area contributed by atoms with Gasteiger partial charge in [0, 0.05) is 19.3 Å². The molecule has 0 aliphatic heterocycles. The standard InChI is InChI=1S/C65H112O6/c1-4-7-10-13-16-19-22-25-28-30-32-34-37-40-43-46-49-52-55-58-64(67)70-61-62(60-69-63(66)57-54-51-48-45-42-39-36-27-24-21-18-15-12-9-6-3)71-65(68)59-56-53-50-47-44-41-38-35-33-31-29-26-23-20-17-14-11-8-5-2/h7,10,16,18-19,21,25,27-28,32,34,36,40,43,62H,4-6,8-9,11-15,17,20,22-24,26,29-31,33,35,37-39,41-42,44-61H2,1-3H3/b10-7-,19-16-,21-18-,28-25-,34-32-,36-27-,43-40-. The van der Waals surface area contributed by atoms with Gasteiger partial charge in [0.2, 0.25) is 0 Å². The first-order chi connectivity index (χ1) is 35.0. The van der Waals surface area contributed by atoms with E-state index in [-0.39, 0.29) is 31.1 Å². The summed E-state index contributed by atoms with van der Waals surface area (Å²) >= 11 is 0. The van der Waals surface area contributed by atoms with Crippen LogP contribution in [0.5, 0.6) is 0 Å². The van der Waals surface area contributed by atoms with Crippen molar-refractivity contribution in [2.75, 3.05) is 13.2 Å². The maximum absolute atomic E-state index is 12.9. The molecule has 0 aromatic rings. The molecule has 0 bridgehead atoms. The average molecular weight is 990 g/mol. The molecular formula is C65H112O6. The number of unbranched alkanes of at least 4 members (excludes halogenated alkanes) is 29. The molecule has 0 aliphatic rings. The summed E-state index contributed by atoms with van der Waals surface area (Å²) in [7, 11) is 0. The summed E-state index contributed by atoms with van der Waals surface area (Å²) in [6.45, 7) is 6.49. The molecule has 0 aromatic heterocycles. The number of ether oxygens (including phenoxy) is 3. The number of hydrogen-bond donors (Lipinski definition) is 0. The van der Waals surface area contributed by atoms with Crippen LogP contribution < -0.4 is 0 Å². The molecule has 0 fully saturated rings. The molecule has 0 aromatic carbocycles. The van der Waals surface area contributed by atoms with Crippen molar-refractivity contribution in [3.63, 3.8) is 0 Å². The highest BCUT2D eigenvalue weighted by atomic mass is 16.6. The van der Waals surface area contributed by atoms with Crippen molar-refractivity contribution in [3.05, 3.63) is 85.1 Å². The minimum Gasteiger partial charge on any atom is -0.462 e. The van der Waals surface area contributed by atoms with Gasteiger partial charge >= 0.3 is 17.9 Å². The SMILES string of the molecule is CC/C=C\C/C=C\C/C=C\C/C=C\C/C=C\CCCCCC(=O)OCC(COC(=O)CCCCCCC/C=C\C/C=C\CCCCC)OC(=O)CCCCCCCCCCCCCCCCCCCCC. The molecule has 0 heterocycles. The third-order valence-electron chi connectivity index (χ3n) is 12.9. The number of rotatable bonds is 54. The molecule has 6 heteroatoms. The second-order valence-electron chi connectivity index (χ2n) is 19.9. The zero-order chi connectivity index (χ0) is 51.4. The number of carbonyl (C=O) groups is 3. The predicted octanol–water partition coefficient (Wildman–Crippen LogP) is 20.3. The van der Waals surface area contributed by atoms with Crippen LogP contribution in [-0.4, -0.2) is 37.2 Å². The Morgan fingerprint density at radius 1 is 0.296 bits per heavy atom. The molecule has 0 rings (SSSR count). The van der Waals surface area contributed by atoms with Gasteiger partial charge in [0.15, 0.2) is 6.10 Å². The number of carbonyl (C=O) groups excluding carboxylic acids is 3. The summed E-state index contributed by atoms with van der Waals surface area (Å²) in [5.41, 5.74) is 0. The lowest BCUT2D eigenvalue weighted by atomic mass is 10.0. The van der Waals surface area contributed by atoms with E-state index in [2.05, 4.69) is 106 Å². The van der Waals surface area contributed by atoms with Crippen LogP contribution in [0.25, 0.3) is 0 Å². The maximum Gasteiger partial charge on any atom is 0.306 e. The summed E-state index contributed by atoms with van der Waals surface area (Å²) in [5.74, 6) is -0.927. The van der Waals surface area contributed by atoms with Gasteiger partial charge in [-0.25, -0.2) is 0 Å². The molecule has 0 amide bonds. The Balaban J connectivity index is 4.44.